The van der Waals surface area contributed by atoms with Gasteiger partial charge in [-0.05, 0) is 61.0 Å². The lowest BCUT2D eigenvalue weighted by atomic mass is 10.1. The lowest BCUT2D eigenvalue weighted by Gasteiger charge is -2.37. The number of esters is 1. The molecular weight excluding hydrogens is 530 g/mol. The van der Waals surface area contributed by atoms with E-state index in [2.05, 4.69) is 10.2 Å². The minimum absolute atomic E-state index is 0.00389. The molecule has 4 aromatic rings. The number of amides is 2. The molecule has 0 bridgehead atoms. The van der Waals surface area contributed by atoms with E-state index in [9.17, 15) is 14.4 Å². The zero-order valence-corrected chi connectivity index (χ0v) is 23.5. The molecule has 0 unspecified atom stereocenters. The van der Waals surface area contributed by atoms with Crippen molar-refractivity contribution in [2.75, 3.05) is 43.0 Å². The monoisotopic (exact) mass is 563 g/mol. The number of carbonyl (C=O) groups excluding carboxylic acids is 3. The molecule has 42 heavy (non-hydrogen) atoms. The maximum atomic E-state index is 13.4. The van der Waals surface area contributed by atoms with E-state index in [1.807, 2.05) is 77.7 Å². The van der Waals surface area contributed by atoms with Crippen LogP contribution in [0, 0.1) is 0 Å². The van der Waals surface area contributed by atoms with E-state index < -0.39 is 5.97 Å². The summed E-state index contributed by atoms with van der Waals surface area (Å²) in [5, 5.41) is 3.00. The predicted molar refractivity (Wildman–Crippen MR) is 162 cm³/mol. The van der Waals surface area contributed by atoms with E-state index in [1.165, 1.54) is 0 Å². The van der Waals surface area contributed by atoms with Crippen LogP contribution in [0.4, 0.5) is 11.4 Å². The SMILES string of the molecule is CCOC(=O)c1ccc(N2CCN(C(=O)c3ccccc3)CC2)c(NC(=O)c2cccc(OCc3ccccc3)c2)c1. The lowest BCUT2D eigenvalue weighted by molar-refractivity contribution is 0.0526. The molecule has 0 aromatic heterocycles. The molecule has 1 N–H and O–H groups in total. The molecule has 2 amide bonds. The Bertz CT molecular complexity index is 1530. The molecule has 1 fully saturated rings. The normalized spacial score (nSPS) is 12.9. The van der Waals surface area contributed by atoms with Crippen LogP contribution < -0.4 is 15.0 Å². The fourth-order valence-electron chi connectivity index (χ4n) is 4.83. The maximum absolute atomic E-state index is 13.4. The van der Waals surface area contributed by atoms with Crippen molar-refractivity contribution in [2.24, 2.45) is 0 Å². The predicted octanol–water partition coefficient (Wildman–Crippen LogP) is 5.66. The van der Waals surface area contributed by atoms with Gasteiger partial charge in [-0.2, -0.15) is 0 Å². The number of hydrogen-bond donors (Lipinski definition) is 1. The van der Waals surface area contributed by atoms with Gasteiger partial charge in [0.1, 0.15) is 12.4 Å². The first-order valence-corrected chi connectivity index (χ1v) is 14.0. The van der Waals surface area contributed by atoms with Crippen LogP contribution in [-0.2, 0) is 11.3 Å². The Morgan fingerprint density at radius 1 is 0.738 bits per heavy atom. The second-order valence-corrected chi connectivity index (χ2v) is 9.85. The highest BCUT2D eigenvalue weighted by Gasteiger charge is 2.25. The third kappa shape index (κ3) is 6.96. The molecule has 8 heteroatoms. The average Bonchev–Trinajstić information content (AvgIpc) is 3.04. The number of piperazine rings is 1. The van der Waals surface area contributed by atoms with Crippen LogP contribution >= 0.6 is 0 Å². The molecule has 0 saturated carbocycles. The second-order valence-electron chi connectivity index (χ2n) is 9.85. The summed E-state index contributed by atoms with van der Waals surface area (Å²) in [6.07, 6.45) is 0. The zero-order chi connectivity index (χ0) is 29.3. The molecule has 4 aromatic carbocycles. The van der Waals surface area contributed by atoms with E-state index in [-0.39, 0.29) is 18.4 Å². The smallest absolute Gasteiger partial charge is 0.338 e. The minimum atomic E-state index is -0.464. The van der Waals surface area contributed by atoms with E-state index in [4.69, 9.17) is 9.47 Å². The number of ether oxygens (including phenoxy) is 2. The summed E-state index contributed by atoms with van der Waals surface area (Å²) in [5.74, 6) is -0.226. The molecule has 0 spiro atoms. The molecule has 0 atom stereocenters. The van der Waals surface area contributed by atoms with Gasteiger partial charge in [0.2, 0.25) is 0 Å². The summed E-state index contributed by atoms with van der Waals surface area (Å²) < 4.78 is 11.1. The van der Waals surface area contributed by atoms with Gasteiger partial charge in [-0.3, -0.25) is 9.59 Å². The number of anilines is 2. The summed E-state index contributed by atoms with van der Waals surface area (Å²) in [4.78, 5) is 42.8. The number of nitrogens with one attached hydrogen (secondary N) is 1. The van der Waals surface area contributed by atoms with Gasteiger partial charge < -0.3 is 24.6 Å². The van der Waals surface area contributed by atoms with Crippen LogP contribution in [0.2, 0.25) is 0 Å². The molecular formula is C34H33N3O5. The second kappa shape index (κ2) is 13.5. The lowest BCUT2D eigenvalue weighted by Crippen LogP contribution is -2.49. The topological polar surface area (TPSA) is 88.2 Å². The third-order valence-electron chi connectivity index (χ3n) is 7.03. The van der Waals surface area contributed by atoms with Crippen LogP contribution in [0.25, 0.3) is 0 Å². The Morgan fingerprint density at radius 3 is 2.14 bits per heavy atom. The van der Waals surface area contributed by atoms with Crippen molar-refractivity contribution in [3.8, 4) is 5.75 Å². The molecule has 0 aliphatic carbocycles. The van der Waals surface area contributed by atoms with Crippen molar-refractivity contribution in [2.45, 2.75) is 13.5 Å². The molecule has 1 saturated heterocycles. The number of nitrogens with zero attached hydrogens (tertiary/aromatic N) is 2. The molecule has 8 nitrogen and oxygen atoms in total. The van der Waals surface area contributed by atoms with Gasteiger partial charge in [-0.25, -0.2) is 4.79 Å². The average molecular weight is 564 g/mol. The summed E-state index contributed by atoms with van der Waals surface area (Å²) in [6.45, 7) is 4.58. The first-order chi connectivity index (χ1) is 20.5. The van der Waals surface area contributed by atoms with Gasteiger partial charge in [-0.1, -0.05) is 54.6 Å². The van der Waals surface area contributed by atoms with Crippen molar-refractivity contribution in [3.63, 3.8) is 0 Å². The van der Waals surface area contributed by atoms with Gasteiger partial charge in [0.05, 0.1) is 23.5 Å². The number of hydrogen-bond acceptors (Lipinski definition) is 6. The van der Waals surface area contributed by atoms with Gasteiger partial charge in [0.25, 0.3) is 11.8 Å². The standard InChI is InChI=1S/C34H33N3O5/c1-2-41-34(40)28-16-17-31(36-18-20-37(21-19-36)33(39)26-12-7-4-8-13-26)30(23-28)35-32(38)27-14-9-15-29(22-27)42-24-25-10-5-3-6-11-25/h3-17,22-23H,2,18-21,24H2,1H3,(H,35,38). The van der Waals surface area contributed by atoms with Crippen molar-refractivity contribution in [3.05, 3.63) is 125 Å². The van der Waals surface area contributed by atoms with Gasteiger partial charge >= 0.3 is 5.97 Å². The fraction of sp³-hybridized carbons (Fsp3) is 0.206. The summed E-state index contributed by atoms with van der Waals surface area (Å²) in [7, 11) is 0. The first kappa shape index (κ1) is 28.4. The highest BCUT2D eigenvalue weighted by molar-refractivity contribution is 6.07. The third-order valence-corrected chi connectivity index (χ3v) is 7.03. The Balaban J connectivity index is 1.32. The van der Waals surface area contributed by atoms with Crippen molar-refractivity contribution < 1.29 is 23.9 Å². The van der Waals surface area contributed by atoms with E-state index in [0.717, 1.165) is 11.3 Å². The van der Waals surface area contributed by atoms with Crippen molar-refractivity contribution in [1.82, 2.24) is 4.90 Å². The van der Waals surface area contributed by atoms with Crippen LogP contribution in [0.15, 0.2) is 103 Å². The molecule has 1 heterocycles. The van der Waals surface area contributed by atoms with Crippen LogP contribution in [-0.4, -0.2) is 55.5 Å². The Morgan fingerprint density at radius 2 is 1.43 bits per heavy atom. The highest BCUT2D eigenvalue weighted by Crippen LogP contribution is 2.30. The Labute approximate surface area is 245 Å². The van der Waals surface area contributed by atoms with Crippen molar-refractivity contribution in [1.29, 1.82) is 0 Å². The van der Waals surface area contributed by atoms with E-state index >= 15 is 0 Å². The van der Waals surface area contributed by atoms with E-state index in [1.54, 1.807) is 37.3 Å². The van der Waals surface area contributed by atoms with Gasteiger partial charge in [0, 0.05) is 37.3 Å². The minimum Gasteiger partial charge on any atom is -0.489 e. The summed E-state index contributed by atoms with van der Waals surface area (Å²) >= 11 is 0. The van der Waals surface area contributed by atoms with Crippen molar-refractivity contribution >= 4 is 29.2 Å². The molecule has 0 radical (unpaired) electrons. The maximum Gasteiger partial charge on any atom is 0.338 e. The Kier molecular flexibility index (Phi) is 9.13. The largest absolute Gasteiger partial charge is 0.489 e. The Hall–Kier alpha value is -5.11. The summed E-state index contributed by atoms with van der Waals surface area (Å²) in [6, 6.07) is 31.2. The molecule has 5 rings (SSSR count). The zero-order valence-electron chi connectivity index (χ0n) is 23.5. The quantitative estimate of drug-likeness (QED) is 0.265. The fourth-order valence-corrected chi connectivity index (χ4v) is 4.83. The van der Waals surface area contributed by atoms with Gasteiger partial charge in [-0.15, -0.1) is 0 Å². The summed E-state index contributed by atoms with van der Waals surface area (Å²) in [5.41, 5.74) is 3.70. The molecule has 214 valence electrons. The van der Waals surface area contributed by atoms with Crippen LogP contribution in [0.3, 0.4) is 0 Å². The van der Waals surface area contributed by atoms with Crippen LogP contribution in [0.5, 0.6) is 5.75 Å². The number of benzene rings is 4. The first-order valence-electron chi connectivity index (χ1n) is 14.0. The van der Waals surface area contributed by atoms with Crippen LogP contribution in [0.1, 0.15) is 43.6 Å². The molecule has 1 aliphatic heterocycles. The highest BCUT2D eigenvalue weighted by atomic mass is 16.5. The molecule has 1 aliphatic rings. The van der Waals surface area contributed by atoms with E-state index in [0.29, 0.717) is 60.9 Å². The number of rotatable bonds is 9. The van der Waals surface area contributed by atoms with Gasteiger partial charge in [0.15, 0.2) is 0 Å². The number of carbonyl (C=O) groups is 3.